The van der Waals surface area contributed by atoms with E-state index in [1.165, 1.54) is 6.33 Å². The van der Waals surface area contributed by atoms with Crippen LogP contribution >= 0.6 is 0 Å². The van der Waals surface area contributed by atoms with Gasteiger partial charge in [0.2, 0.25) is 11.8 Å². The van der Waals surface area contributed by atoms with Crippen molar-refractivity contribution in [1.29, 1.82) is 0 Å². The number of sulfone groups is 1. The molecular weight excluding hydrogens is 484 g/mol. The van der Waals surface area contributed by atoms with Crippen LogP contribution < -0.4 is 9.47 Å². The normalized spacial score (nSPS) is 14.8. The Bertz CT molecular complexity index is 1170. The molecule has 1 fully saturated rings. The highest BCUT2D eigenvalue weighted by Crippen LogP contribution is 2.31. The third-order valence-corrected chi connectivity index (χ3v) is 6.30. The van der Waals surface area contributed by atoms with Crippen molar-refractivity contribution >= 4 is 15.9 Å². The molecule has 0 atom stereocenters. The van der Waals surface area contributed by atoms with Crippen molar-refractivity contribution in [3.05, 3.63) is 41.2 Å². The first kappa shape index (κ1) is 26.6. The molecule has 1 aromatic heterocycles. The van der Waals surface area contributed by atoms with Gasteiger partial charge >= 0.3 is 6.09 Å². The van der Waals surface area contributed by atoms with E-state index in [0.29, 0.717) is 31.5 Å². The Morgan fingerprint density at radius 2 is 1.80 bits per heavy atom. The molecule has 192 valence electrons. The standard InChI is InChI=1S/C23H29F2N3O6S/c1-14(2)32-23(29)28-8-5-17(6-9-28)33-21-15(3)22(27-13-26-21)34-20-12-18(24)16(11-19(20)25)7-10-35(4,30)31/h11-14,17H,5-10H2,1-4H3. The minimum Gasteiger partial charge on any atom is -0.474 e. The van der Waals surface area contributed by atoms with E-state index in [4.69, 9.17) is 14.2 Å². The van der Waals surface area contributed by atoms with E-state index < -0.39 is 27.2 Å². The molecule has 9 nitrogen and oxygen atoms in total. The van der Waals surface area contributed by atoms with Gasteiger partial charge in [0.25, 0.3) is 0 Å². The summed E-state index contributed by atoms with van der Waals surface area (Å²) in [6.07, 6.45) is 2.46. The zero-order valence-corrected chi connectivity index (χ0v) is 20.9. The number of aryl methyl sites for hydroxylation is 1. The number of aromatic nitrogens is 2. The van der Waals surface area contributed by atoms with E-state index in [-0.39, 0.29) is 47.8 Å². The fourth-order valence-electron chi connectivity index (χ4n) is 3.47. The monoisotopic (exact) mass is 513 g/mol. The number of benzene rings is 1. The van der Waals surface area contributed by atoms with Crippen molar-refractivity contribution < 1.29 is 36.2 Å². The first-order chi connectivity index (χ1) is 16.4. The predicted molar refractivity (Wildman–Crippen MR) is 123 cm³/mol. The van der Waals surface area contributed by atoms with Gasteiger partial charge in [-0.1, -0.05) is 0 Å². The molecule has 2 aromatic rings. The maximum Gasteiger partial charge on any atom is 0.410 e. The third-order valence-electron chi connectivity index (χ3n) is 5.36. The quantitative estimate of drug-likeness (QED) is 0.524. The molecule has 0 aliphatic carbocycles. The van der Waals surface area contributed by atoms with Gasteiger partial charge in [0.1, 0.15) is 28.1 Å². The highest BCUT2D eigenvalue weighted by Gasteiger charge is 2.26. The van der Waals surface area contributed by atoms with Gasteiger partial charge in [-0.15, -0.1) is 0 Å². The lowest BCUT2D eigenvalue weighted by Gasteiger charge is -2.31. The van der Waals surface area contributed by atoms with Crippen LogP contribution in [0.15, 0.2) is 18.5 Å². The Morgan fingerprint density at radius 3 is 2.43 bits per heavy atom. The lowest BCUT2D eigenvalue weighted by atomic mass is 10.1. The maximum absolute atomic E-state index is 14.6. The van der Waals surface area contributed by atoms with E-state index in [1.807, 2.05) is 0 Å². The second kappa shape index (κ2) is 11.1. The van der Waals surface area contributed by atoms with Crippen molar-refractivity contribution in [1.82, 2.24) is 14.9 Å². The number of hydrogen-bond donors (Lipinski definition) is 0. The van der Waals surface area contributed by atoms with Crippen LogP contribution in [0.2, 0.25) is 0 Å². The number of likely N-dealkylation sites (tertiary alicyclic amines) is 1. The van der Waals surface area contributed by atoms with Crippen LogP contribution in [0.3, 0.4) is 0 Å². The Morgan fingerprint density at radius 1 is 1.14 bits per heavy atom. The molecule has 35 heavy (non-hydrogen) atoms. The van der Waals surface area contributed by atoms with E-state index in [0.717, 1.165) is 18.4 Å². The van der Waals surface area contributed by atoms with E-state index >= 15 is 0 Å². The number of ether oxygens (including phenoxy) is 3. The smallest absolute Gasteiger partial charge is 0.410 e. The van der Waals surface area contributed by atoms with Gasteiger partial charge in [-0.3, -0.25) is 0 Å². The van der Waals surface area contributed by atoms with Crippen molar-refractivity contribution in [3.8, 4) is 17.5 Å². The number of rotatable bonds is 8. The van der Waals surface area contributed by atoms with Gasteiger partial charge < -0.3 is 19.1 Å². The van der Waals surface area contributed by atoms with Gasteiger partial charge in [-0.05, 0) is 38.8 Å². The van der Waals surface area contributed by atoms with Crippen molar-refractivity contribution in [3.63, 3.8) is 0 Å². The van der Waals surface area contributed by atoms with Crippen LogP contribution in [0.25, 0.3) is 0 Å². The summed E-state index contributed by atoms with van der Waals surface area (Å²) in [4.78, 5) is 21.8. The summed E-state index contributed by atoms with van der Waals surface area (Å²) in [7, 11) is -3.32. The predicted octanol–water partition coefficient (Wildman–Crippen LogP) is 3.83. The largest absolute Gasteiger partial charge is 0.474 e. The fourth-order valence-corrected chi connectivity index (χ4v) is 4.06. The lowest BCUT2D eigenvalue weighted by molar-refractivity contribution is 0.0505. The molecule has 0 bridgehead atoms. The molecule has 12 heteroatoms. The highest BCUT2D eigenvalue weighted by molar-refractivity contribution is 7.90. The van der Waals surface area contributed by atoms with Gasteiger partial charge in [0, 0.05) is 38.3 Å². The summed E-state index contributed by atoms with van der Waals surface area (Å²) in [5.74, 6) is -2.09. The molecule has 1 aliphatic rings. The third kappa shape index (κ3) is 7.48. The number of amides is 1. The van der Waals surface area contributed by atoms with Gasteiger partial charge in [-0.25, -0.2) is 32.0 Å². The molecule has 0 N–H and O–H groups in total. The Kier molecular flexibility index (Phi) is 8.47. The maximum atomic E-state index is 14.6. The molecule has 1 saturated heterocycles. The molecule has 3 rings (SSSR count). The topological polar surface area (TPSA) is 108 Å². The fraction of sp³-hybridized carbons (Fsp3) is 0.522. The summed E-state index contributed by atoms with van der Waals surface area (Å²) in [6, 6.07) is 1.78. The molecule has 0 radical (unpaired) electrons. The van der Waals surface area contributed by atoms with E-state index in [2.05, 4.69) is 9.97 Å². The molecule has 2 heterocycles. The number of halogens is 2. The van der Waals surface area contributed by atoms with E-state index in [1.54, 1.807) is 25.7 Å². The van der Waals surface area contributed by atoms with Crippen molar-refractivity contribution in [2.24, 2.45) is 0 Å². The molecule has 0 spiro atoms. The number of carbonyl (C=O) groups is 1. The molecule has 1 aromatic carbocycles. The average molecular weight is 514 g/mol. The van der Waals surface area contributed by atoms with Gasteiger partial charge in [-0.2, -0.15) is 0 Å². The van der Waals surface area contributed by atoms with Crippen molar-refractivity contribution in [2.45, 2.75) is 52.2 Å². The Labute approximate surface area is 203 Å². The van der Waals surface area contributed by atoms with Crippen molar-refractivity contribution in [2.75, 3.05) is 25.1 Å². The van der Waals surface area contributed by atoms with Crippen LogP contribution in [0.1, 0.15) is 37.8 Å². The summed E-state index contributed by atoms with van der Waals surface area (Å²) in [5.41, 5.74) is 0.336. The molecule has 0 saturated carbocycles. The second-order valence-corrected chi connectivity index (χ2v) is 11.0. The van der Waals surface area contributed by atoms with Crippen LogP contribution in [-0.4, -0.2) is 66.7 Å². The number of nitrogens with zero attached hydrogens (tertiary/aromatic N) is 3. The first-order valence-corrected chi connectivity index (χ1v) is 13.3. The van der Waals surface area contributed by atoms with E-state index in [9.17, 15) is 22.0 Å². The zero-order valence-electron chi connectivity index (χ0n) is 20.1. The Hall–Kier alpha value is -3.02. The summed E-state index contributed by atoms with van der Waals surface area (Å²) < 4.78 is 68.3. The molecule has 0 unspecified atom stereocenters. The van der Waals surface area contributed by atoms with Crippen LogP contribution in [0.4, 0.5) is 13.6 Å². The number of carbonyl (C=O) groups excluding carboxylic acids is 1. The molecular formula is C23H29F2N3O6S. The zero-order chi connectivity index (χ0) is 25.8. The molecule has 1 amide bonds. The number of piperidine rings is 1. The highest BCUT2D eigenvalue weighted by atomic mass is 32.2. The van der Waals surface area contributed by atoms with Crippen LogP contribution in [0.5, 0.6) is 17.5 Å². The summed E-state index contributed by atoms with van der Waals surface area (Å²) in [6.45, 7) is 6.16. The number of hydrogen-bond acceptors (Lipinski definition) is 8. The Balaban J connectivity index is 1.66. The van der Waals surface area contributed by atoms with Gasteiger partial charge in [0.15, 0.2) is 11.6 Å². The average Bonchev–Trinajstić information content (AvgIpc) is 2.77. The van der Waals surface area contributed by atoms with Crippen LogP contribution in [-0.2, 0) is 21.0 Å². The minimum atomic E-state index is -3.32. The first-order valence-electron chi connectivity index (χ1n) is 11.2. The second-order valence-electron chi connectivity index (χ2n) is 8.70. The van der Waals surface area contributed by atoms with Crippen LogP contribution in [0, 0.1) is 18.6 Å². The summed E-state index contributed by atoms with van der Waals surface area (Å²) >= 11 is 0. The molecule has 1 aliphatic heterocycles. The van der Waals surface area contributed by atoms with Gasteiger partial charge in [0.05, 0.1) is 17.4 Å². The SMILES string of the molecule is Cc1c(Oc2cc(F)c(CCS(C)(=O)=O)cc2F)ncnc1OC1CCN(C(=O)OC(C)C)CC1. The summed E-state index contributed by atoms with van der Waals surface area (Å²) in [5, 5.41) is 0. The lowest BCUT2D eigenvalue weighted by Crippen LogP contribution is -2.42. The minimum absolute atomic E-state index is 0.00451.